The smallest absolute Gasteiger partial charge is 0.138 e. The standard InChI is InChI=1S/C16H18N2O/c1-11(2)12-7-3-5-9-14(12)19-15-10-6-4-8-13(15)16(17)18/h3-11H,1-2H3,(H3,17,18). The highest BCUT2D eigenvalue weighted by molar-refractivity contribution is 5.97. The second-order valence-corrected chi connectivity index (χ2v) is 4.70. The van der Waals surface area contributed by atoms with E-state index in [2.05, 4.69) is 19.9 Å². The van der Waals surface area contributed by atoms with Gasteiger partial charge in [0.25, 0.3) is 0 Å². The molecule has 2 rings (SSSR count). The lowest BCUT2D eigenvalue weighted by Gasteiger charge is -2.15. The summed E-state index contributed by atoms with van der Waals surface area (Å²) in [5.74, 6) is 1.81. The van der Waals surface area contributed by atoms with Gasteiger partial charge in [0.15, 0.2) is 0 Å². The van der Waals surface area contributed by atoms with Gasteiger partial charge in [-0.25, -0.2) is 0 Å². The molecular weight excluding hydrogens is 236 g/mol. The minimum atomic E-state index is 0.0117. The predicted octanol–water partition coefficient (Wildman–Crippen LogP) is 3.89. The summed E-state index contributed by atoms with van der Waals surface area (Å²) in [6.07, 6.45) is 0. The predicted molar refractivity (Wildman–Crippen MR) is 78.1 cm³/mol. The summed E-state index contributed by atoms with van der Waals surface area (Å²) in [6.45, 7) is 4.25. The molecule has 0 fully saturated rings. The van der Waals surface area contributed by atoms with E-state index in [4.69, 9.17) is 15.9 Å². The van der Waals surface area contributed by atoms with Crippen molar-refractivity contribution in [2.24, 2.45) is 5.73 Å². The van der Waals surface area contributed by atoms with Crippen LogP contribution in [0.4, 0.5) is 0 Å². The Labute approximate surface area is 113 Å². The molecule has 0 aliphatic carbocycles. The van der Waals surface area contributed by atoms with Crippen molar-refractivity contribution in [1.82, 2.24) is 0 Å². The molecule has 0 aromatic heterocycles. The average Bonchev–Trinajstić information content (AvgIpc) is 2.39. The summed E-state index contributed by atoms with van der Waals surface area (Å²) >= 11 is 0. The molecule has 0 heterocycles. The Hall–Kier alpha value is -2.29. The molecule has 19 heavy (non-hydrogen) atoms. The van der Waals surface area contributed by atoms with Gasteiger partial charge in [-0.2, -0.15) is 0 Å². The minimum Gasteiger partial charge on any atom is -0.456 e. The first-order valence-corrected chi connectivity index (χ1v) is 6.29. The number of ether oxygens (including phenoxy) is 1. The third kappa shape index (κ3) is 2.94. The van der Waals surface area contributed by atoms with Crippen molar-refractivity contribution in [3.63, 3.8) is 0 Å². The van der Waals surface area contributed by atoms with E-state index in [0.29, 0.717) is 17.2 Å². The molecule has 3 heteroatoms. The fourth-order valence-electron chi connectivity index (χ4n) is 1.95. The molecule has 3 nitrogen and oxygen atoms in total. The minimum absolute atomic E-state index is 0.0117. The number of hydrogen-bond donors (Lipinski definition) is 2. The maximum absolute atomic E-state index is 7.58. The van der Waals surface area contributed by atoms with Gasteiger partial charge in [-0.3, -0.25) is 5.41 Å². The topological polar surface area (TPSA) is 59.1 Å². The molecule has 0 atom stereocenters. The molecule has 0 unspecified atom stereocenters. The molecule has 0 saturated carbocycles. The van der Waals surface area contributed by atoms with Gasteiger partial charge in [-0.05, 0) is 29.7 Å². The molecule has 0 amide bonds. The Morgan fingerprint density at radius 1 is 1.00 bits per heavy atom. The molecule has 0 radical (unpaired) electrons. The van der Waals surface area contributed by atoms with Crippen LogP contribution in [-0.4, -0.2) is 5.84 Å². The van der Waals surface area contributed by atoms with Crippen LogP contribution in [-0.2, 0) is 0 Å². The summed E-state index contributed by atoms with van der Waals surface area (Å²) in [6, 6.07) is 15.3. The highest BCUT2D eigenvalue weighted by Crippen LogP contribution is 2.31. The Bertz CT molecular complexity index is 591. The number of rotatable bonds is 4. The van der Waals surface area contributed by atoms with Crippen LogP contribution in [0.1, 0.15) is 30.9 Å². The quantitative estimate of drug-likeness (QED) is 0.642. The molecule has 0 aliphatic rings. The van der Waals surface area contributed by atoms with Crippen LogP contribution < -0.4 is 10.5 Å². The summed E-state index contributed by atoms with van der Waals surface area (Å²) < 4.78 is 5.94. The first-order valence-electron chi connectivity index (χ1n) is 6.29. The van der Waals surface area contributed by atoms with Crippen molar-refractivity contribution < 1.29 is 4.74 Å². The molecule has 2 aromatic carbocycles. The lowest BCUT2D eigenvalue weighted by molar-refractivity contribution is 0.472. The Kier molecular flexibility index (Phi) is 3.85. The fourth-order valence-corrected chi connectivity index (χ4v) is 1.95. The van der Waals surface area contributed by atoms with Gasteiger partial charge in [-0.15, -0.1) is 0 Å². The van der Waals surface area contributed by atoms with Gasteiger partial charge in [0.1, 0.15) is 17.3 Å². The fraction of sp³-hybridized carbons (Fsp3) is 0.188. The summed E-state index contributed by atoms with van der Waals surface area (Å²) in [5.41, 5.74) is 7.32. The van der Waals surface area contributed by atoms with Crippen LogP contribution in [0.15, 0.2) is 48.5 Å². The Morgan fingerprint density at radius 2 is 1.58 bits per heavy atom. The monoisotopic (exact) mass is 254 g/mol. The van der Waals surface area contributed by atoms with Crippen LogP contribution in [0.5, 0.6) is 11.5 Å². The Morgan fingerprint density at radius 3 is 2.21 bits per heavy atom. The SMILES string of the molecule is CC(C)c1ccccc1Oc1ccccc1C(=N)N. The first-order chi connectivity index (χ1) is 9.09. The van der Waals surface area contributed by atoms with E-state index in [1.54, 1.807) is 6.07 Å². The third-order valence-electron chi connectivity index (χ3n) is 2.94. The van der Waals surface area contributed by atoms with Crippen LogP contribution in [0.2, 0.25) is 0 Å². The molecule has 0 saturated heterocycles. The van der Waals surface area contributed by atoms with Crippen molar-refractivity contribution in [3.8, 4) is 11.5 Å². The van der Waals surface area contributed by atoms with E-state index < -0.39 is 0 Å². The molecule has 0 aliphatic heterocycles. The molecule has 0 spiro atoms. The number of para-hydroxylation sites is 2. The van der Waals surface area contributed by atoms with E-state index in [9.17, 15) is 0 Å². The normalized spacial score (nSPS) is 10.5. The zero-order chi connectivity index (χ0) is 13.8. The van der Waals surface area contributed by atoms with Crippen molar-refractivity contribution in [2.45, 2.75) is 19.8 Å². The van der Waals surface area contributed by atoms with E-state index in [0.717, 1.165) is 11.3 Å². The second-order valence-electron chi connectivity index (χ2n) is 4.70. The van der Waals surface area contributed by atoms with E-state index in [-0.39, 0.29) is 5.84 Å². The van der Waals surface area contributed by atoms with Gasteiger partial charge >= 0.3 is 0 Å². The van der Waals surface area contributed by atoms with Gasteiger partial charge in [0.05, 0.1) is 5.56 Å². The van der Waals surface area contributed by atoms with Gasteiger partial charge in [0.2, 0.25) is 0 Å². The maximum atomic E-state index is 7.58. The molecule has 3 N–H and O–H groups in total. The van der Waals surface area contributed by atoms with Crippen LogP contribution in [0.3, 0.4) is 0 Å². The second kappa shape index (κ2) is 5.57. The van der Waals surface area contributed by atoms with Crippen molar-refractivity contribution in [3.05, 3.63) is 59.7 Å². The summed E-state index contributed by atoms with van der Waals surface area (Å²) in [7, 11) is 0. The summed E-state index contributed by atoms with van der Waals surface area (Å²) in [4.78, 5) is 0. The van der Waals surface area contributed by atoms with Crippen molar-refractivity contribution in [1.29, 1.82) is 5.41 Å². The van der Waals surface area contributed by atoms with Crippen LogP contribution >= 0.6 is 0 Å². The van der Waals surface area contributed by atoms with Crippen molar-refractivity contribution in [2.75, 3.05) is 0 Å². The highest BCUT2D eigenvalue weighted by Gasteiger charge is 2.11. The van der Waals surface area contributed by atoms with Crippen LogP contribution in [0.25, 0.3) is 0 Å². The van der Waals surface area contributed by atoms with Gasteiger partial charge in [-0.1, -0.05) is 44.2 Å². The van der Waals surface area contributed by atoms with Crippen molar-refractivity contribution >= 4 is 5.84 Å². The summed E-state index contributed by atoms with van der Waals surface area (Å²) in [5, 5.41) is 7.58. The third-order valence-corrected chi connectivity index (χ3v) is 2.94. The number of nitrogens with two attached hydrogens (primary N) is 1. The zero-order valence-corrected chi connectivity index (χ0v) is 11.2. The number of amidine groups is 1. The first kappa shape index (κ1) is 13.1. The number of nitrogens with one attached hydrogen (secondary N) is 1. The molecular formula is C16H18N2O. The van der Waals surface area contributed by atoms with Gasteiger partial charge < -0.3 is 10.5 Å². The zero-order valence-electron chi connectivity index (χ0n) is 11.2. The highest BCUT2D eigenvalue weighted by atomic mass is 16.5. The number of nitrogen functional groups attached to an aromatic ring is 1. The molecule has 0 bridgehead atoms. The average molecular weight is 254 g/mol. The van der Waals surface area contributed by atoms with E-state index in [1.807, 2.05) is 36.4 Å². The number of benzene rings is 2. The Balaban J connectivity index is 2.39. The molecule has 2 aromatic rings. The van der Waals surface area contributed by atoms with Gasteiger partial charge in [0, 0.05) is 0 Å². The lowest BCUT2D eigenvalue weighted by Crippen LogP contribution is -2.12. The maximum Gasteiger partial charge on any atom is 0.138 e. The largest absolute Gasteiger partial charge is 0.456 e. The van der Waals surface area contributed by atoms with E-state index in [1.165, 1.54) is 0 Å². The van der Waals surface area contributed by atoms with E-state index >= 15 is 0 Å². The number of hydrogen-bond acceptors (Lipinski definition) is 2. The lowest BCUT2D eigenvalue weighted by atomic mass is 10.0. The molecule has 98 valence electrons. The van der Waals surface area contributed by atoms with Crippen LogP contribution in [0, 0.1) is 5.41 Å².